The van der Waals surface area contributed by atoms with Crippen molar-refractivity contribution in [2.45, 2.75) is 32.3 Å². The normalized spacial score (nSPS) is 14.9. The molecule has 0 amide bonds. The summed E-state index contributed by atoms with van der Waals surface area (Å²) in [5, 5.41) is 4.16. The third kappa shape index (κ3) is 2.92. The van der Waals surface area contributed by atoms with E-state index in [1.165, 1.54) is 15.3 Å². The van der Waals surface area contributed by atoms with Gasteiger partial charge in [-0.15, -0.1) is 0 Å². The summed E-state index contributed by atoms with van der Waals surface area (Å²) in [7, 11) is 0. The molecule has 0 aliphatic carbocycles. The topological polar surface area (TPSA) is 49.0 Å². The van der Waals surface area contributed by atoms with E-state index in [0.717, 1.165) is 12.1 Å². The second-order valence-corrected chi connectivity index (χ2v) is 5.07. The van der Waals surface area contributed by atoms with E-state index in [4.69, 9.17) is 4.74 Å². The van der Waals surface area contributed by atoms with Crippen LogP contribution in [0.2, 0.25) is 0 Å². The van der Waals surface area contributed by atoms with Crippen LogP contribution in [-0.4, -0.2) is 21.0 Å². The lowest BCUT2D eigenvalue weighted by molar-refractivity contribution is -0.137. The molecule has 0 bridgehead atoms. The van der Waals surface area contributed by atoms with Crippen LogP contribution in [0.4, 0.5) is 13.2 Å². The van der Waals surface area contributed by atoms with Crippen molar-refractivity contribution < 1.29 is 17.9 Å². The van der Waals surface area contributed by atoms with Crippen molar-refractivity contribution in [1.29, 1.82) is 0 Å². The number of hydrogen-bond donors (Lipinski definition) is 0. The van der Waals surface area contributed by atoms with E-state index in [9.17, 15) is 18.0 Å². The third-order valence-corrected chi connectivity index (χ3v) is 3.56. The maximum atomic E-state index is 12.7. The Kier molecular flexibility index (Phi) is 3.78. The molecule has 8 heteroatoms. The lowest BCUT2D eigenvalue weighted by Gasteiger charge is -2.11. The van der Waals surface area contributed by atoms with Gasteiger partial charge in [0, 0.05) is 0 Å². The first-order chi connectivity index (χ1) is 10.4. The fourth-order valence-corrected chi connectivity index (χ4v) is 2.42. The highest BCUT2D eigenvalue weighted by Crippen LogP contribution is 2.29. The number of alkyl halides is 3. The largest absolute Gasteiger partial charge is 0.416 e. The van der Waals surface area contributed by atoms with Crippen LogP contribution in [0.5, 0.6) is 0 Å². The van der Waals surface area contributed by atoms with Crippen molar-refractivity contribution in [3.8, 4) is 0 Å². The summed E-state index contributed by atoms with van der Waals surface area (Å²) in [6.07, 6.45) is -4.06. The zero-order valence-corrected chi connectivity index (χ0v) is 11.6. The van der Waals surface area contributed by atoms with Crippen molar-refractivity contribution in [1.82, 2.24) is 14.3 Å². The second-order valence-electron chi connectivity index (χ2n) is 5.07. The number of halogens is 3. The summed E-state index contributed by atoms with van der Waals surface area (Å²) in [5.41, 5.74) is -0.413. The first kappa shape index (κ1) is 14.8. The number of hydrogen-bond acceptors (Lipinski definition) is 3. The van der Waals surface area contributed by atoms with Crippen LogP contribution < -0.4 is 5.69 Å². The van der Waals surface area contributed by atoms with Crippen molar-refractivity contribution in [2.75, 3.05) is 6.61 Å². The molecule has 1 aliphatic heterocycles. The van der Waals surface area contributed by atoms with Crippen molar-refractivity contribution in [3.63, 3.8) is 0 Å². The molecule has 1 aliphatic rings. The molecule has 118 valence electrons. The summed E-state index contributed by atoms with van der Waals surface area (Å²) in [6.45, 7) is 1.44. The summed E-state index contributed by atoms with van der Waals surface area (Å²) < 4.78 is 46.0. The monoisotopic (exact) mass is 313 g/mol. The van der Waals surface area contributed by atoms with Crippen LogP contribution in [0.25, 0.3) is 0 Å². The zero-order valence-electron chi connectivity index (χ0n) is 11.6. The predicted molar refractivity (Wildman–Crippen MR) is 71.3 cm³/mol. The van der Waals surface area contributed by atoms with E-state index in [1.54, 1.807) is 6.07 Å². The van der Waals surface area contributed by atoms with Gasteiger partial charge in [0.15, 0.2) is 5.82 Å². The van der Waals surface area contributed by atoms with Gasteiger partial charge in [-0.25, -0.2) is 9.48 Å². The average Bonchev–Trinajstić information content (AvgIpc) is 2.82. The quantitative estimate of drug-likeness (QED) is 0.869. The van der Waals surface area contributed by atoms with Gasteiger partial charge < -0.3 is 4.74 Å². The average molecular weight is 313 g/mol. The van der Waals surface area contributed by atoms with Crippen LogP contribution >= 0.6 is 0 Å². The highest BCUT2D eigenvalue weighted by Gasteiger charge is 2.30. The van der Waals surface area contributed by atoms with Gasteiger partial charge in [-0.1, -0.05) is 18.2 Å². The highest BCUT2D eigenvalue weighted by molar-refractivity contribution is 5.25. The first-order valence-electron chi connectivity index (χ1n) is 6.85. The molecule has 1 aromatic carbocycles. The van der Waals surface area contributed by atoms with E-state index < -0.39 is 11.7 Å². The number of aromatic nitrogens is 3. The van der Waals surface area contributed by atoms with Gasteiger partial charge in [-0.3, -0.25) is 4.57 Å². The molecule has 3 rings (SSSR count). The van der Waals surface area contributed by atoms with Gasteiger partial charge in [0.05, 0.1) is 25.3 Å². The Labute approximate surface area is 123 Å². The van der Waals surface area contributed by atoms with E-state index in [1.807, 2.05) is 0 Å². The number of aryl methyl sites for hydroxylation is 2. The maximum Gasteiger partial charge on any atom is 0.416 e. The maximum absolute atomic E-state index is 12.7. The minimum Gasteiger partial charge on any atom is -0.372 e. The van der Waals surface area contributed by atoms with E-state index in [0.29, 0.717) is 31.0 Å². The Morgan fingerprint density at radius 3 is 2.86 bits per heavy atom. The molecule has 0 radical (unpaired) electrons. The Balaban J connectivity index is 1.76. The number of benzene rings is 1. The number of ether oxygens (including phenoxy) is 1. The molecule has 1 aromatic heterocycles. The predicted octanol–water partition coefficient (Wildman–Crippen LogP) is 1.84. The number of rotatable bonds is 3. The molecule has 5 nitrogen and oxygen atoms in total. The summed E-state index contributed by atoms with van der Waals surface area (Å²) in [4.78, 5) is 12.1. The molecule has 0 spiro atoms. The minimum atomic E-state index is -4.36. The third-order valence-electron chi connectivity index (χ3n) is 3.56. The molecule has 0 atom stereocenters. The number of fused-ring (bicyclic) bond motifs is 1. The van der Waals surface area contributed by atoms with E-state index in [2.05, 4.69) is 5.10 Å². The SMILES string of the molecule is O=c1n(CCc2cccc(C(F)(F)F)c2)nc2n1CCOC2. The van der Waals surface area contributed by atoms with Gasteiger partial charge in [0.2, 0.25) is 0 Å². The van der Waals surface area contributed by atoms with Crippen molar-refractivity contribution in [2.24, 2.45) is 0 Å². The molecule has 0 N–H and O–H groups in total. The van der Waals surface area contributed by atoms with Gasteiger partial charge in [-0.05, 0) is 18.1 Å². The molecule has 0 saturated carbocycles. The van der Waals surface area contributed by atoms with Crippen molar-refractivity contribution >= 4 is 0 Å². The summed E-state index contributed by atoms with van der Waals surface area (Å²) in [5.74, 6) is 0.556. The van der Waals surface area contributed by atoms with Gasteiger partial charge in [-0.2, -0.15) is 18.3 Å². The fraction of sp³-hybridized carbons (Fsp3) is 0.429. The summed E-state index contributed by atoms with van der Waals surface area (Å²) >= 11 is 0. The van der Waals surface area contributed by atoms with Crippen LogP contribution in [0.15, 0.2) is 29.1 Å². The van der Waals surface area contributed by atoms with E-state index in [-0.39, 0.29) is 18.8 Å². The van der Waals surface area contributed by atoms with Crippen LogP contribution in [-0.2, 0) is 37.0 Å². The lowest BCUT2D eigenvalue weighted by Crippen LogP contribution is -2.29. The Morgan fingerprint density at radius 1 is 1.32 bits per heavy atom. The Hall–Kier alpha value is -2.09. The van der Waals surface area contributed by atoms with Crippen LogP contribution in [0, 0.1) is 0 Å². The molecule has 2 aromatic rings. The molecular weight excluding hydrogens is 299 g/mol. The Morgan fingerprint density at radius 2 is 2.14 bits per heavy atom. The van der Waals surface area contributed by atoms with E-state index >= 15 is 0 Å². The molecule has 0 saturated heterocycles. The van der Waals surface area contributed by atoms with Crippen LogP contribution in [0.1, 0.15) is 17.0 Å². The smallest absolute Gasteiger partial charge is 0.372 e. The molecule has 2 heterocycles. The fourth-order valence-electron chi connectivity index (χ4n) is 2.42. The van der Waals surface area contributed by atoms with Gasteiger partial charge in [0.25, 0.3) is 0 Å². The molecule has 0 fully saturated rings. The molecular formula is C14H14F3N3O2. The van der Waals surface area contributed by atoms with Crippen molar-refractivity contribution in [3.05, 3.63) is 51.7 Å². The summed E-state index contributed by atoms with van der Waals surface area (Å²) in [6, 6.07) is 5.11. The number of nitrogens with zero attached hydrogens (tertiary/aromatic N) is 3. The second kappa shape index (κ2) is 5.60. The van der Waals surface area contributed by atoms with Gasteiger partial charge >= 0.3 is 11.9 Å². The minimum absolute atomic E-state index is 0.236. The molecule has 22 heavy (non-hydrogen) atoms. The first-order valence-corrected chi connectivity index (χ1v) is 6.85. The molecule has 0 unspecified atom stereocenters. The lowest BCUT2D eigenvalue weighted by atomic mass is 10.1. The standard InChI is InChI=1S/C14H14F3N3O2/c15-14(16,17)11-3-1-2-10(8-11)4-5-20-13(21)19-6-7-22-9-12(19)18-20/h1-3,8H,4-7,9H2. The highest BCUT2D eigenvalue weighted by atomic mass is 19.4. The van der Waals surface area contributed by atoms with Crippen LogP contribution in [0.3, 0.4) is 0 Å². The van der Waals surface area contributed by atoms with Gasteiger partial charge in [0.1, 0.15) is 6.61 Å². The zero-order chi connectivity index (χ0) is 15.7. The Bertz CT molecular complexity index is 734.